The number of benzene rings is 2. The molecule has 0 spiro atoms. The van der Waals surface area contributed by atoms with E-state index in [9.17, 15) is 8.42 Å². The van der Waals surface area contributed by atoms with Gasteiger partial charge in [0.25, 0.3) is 0 Å². The number of rotatable bonds is 3. The number of aromatic nitrogens is 3. The molecule has 3 aromatic rings. The molecule has 0 bridgehead atoms. The van der Waals surface area contributed by atoms with Crippen molar-refractivity contribution in [3.63, 3.8) is 0 Å². The van der Waals surface area contributed by atoms with E-state index < -0.39 is 10.0 Å². The molecule has 1 aromatic heterocycles. The molecule has 112 valence electrons. The first-order chi connectivity index (χ1) is 10.4. The second kappa shape index (κ2) is 5.36. The van der Waals surface area contributed by atoms with E-state index in [1.807, 2.05) is 37.3 Å². The van der Waals surface area contributed by atoms with E-state index in [1.54, 1.807) is 16.8 Å². The Balaban J connectivity index is 2.10. The molecule has 0 atom stereocenters. The van der Waals surface area contributed by atoms with Crippen molar-refractivity contribution in [2.24, 2.45) is 5.14 Å². The van der Waals surface area contributed by atoms with Crippen molar-refractivity contribution < 1.29 is 8.42 Å². The second-order valence-corrected chi connectivity index (χ2v) is 6.36. The van der Waals surface area contributed by atoms with Gasteiger partial charge >= 0.3 is 0 Å². The van der Waals surface area contributed by atoms with Crippen molar-refractivity contribution in [2.45, 2.75) is 11.8 Å². The molecule has 0 aliphatic heterocycles. The Hall–Kier alpha value is -2.51. The van der Waals surface area contributed by atoms with E-state index in [2.05, 4.69) is 10.1 Å². The predicted molar refractivity (Wildman–Crippen MR) is 82.9 cm³/mol. The standard InChI is InChI=1S/C15H14N4O2S/c1-11-17-15(12-5-3-2-4-6-12)19(18-11)13-7-9-14(10-8-13)22(16,20)21/h2-10H,1H3,(H2,16,20,21). The maximum atomic E-state index is 11.3. The van der Waals surface area contributed by atoms with Crippen LogP contribution in [0.25, 0.3) is 17.1 Å². The Morgan fingerprint density at radius 2 is 1.64 bits per heavy atom. The summed E-state index contributed by atoms with van der Waals surface area (Å²) < 4.78 is 24.3. The van der Waals surface area contributed by atoms with Gasteiger partial charge in [0.2, 0.25) is 10.0 Å². The maximum absolute atomic E-state index is 11.3. The normalized spacial score (nSPS) is 11.5. The van der Waals surface area contributed by atoms with E-state index in [0.29, 0.717) is 17.3 Å². The van der Waals surface area contributed by atoms with Crippen molar-refractivity contribution in [3.05, 3.63) is 60.4 Å². The van der Waals surface area contributed by atoms with Gasteiger partial charge in [0.1, 0.15) is 5.82 Å². The van der Waals surface area contributed by atoms with Crippen molar-refractivity contribution >= 4 is 10.0 Å². The van der Waals surface area contributed by atoms with Gasteiger partial charge in [0, 0.05) is 5.56 Å². The van der Waals surface area contributed by atoms with Crippen LogP contribution in [0.2, 0.25) is 0 Å². The van der Waals surface area contributed by atoms with Gasteiger partial charge in [-0.3, -0.25) is 0 Å². The molecule has 22 heavy (non-hydrogen) atoms. The fourth-order valence-electron chi connectivity index (χ4n) is 2.15. The summed E-state index contributed by atoms with van der Waals surface area (Å²) in [7, 11) is -3.70. The molecule has 0 saturated carbocycles. The van der Waals surface area contributed by atoms with Crippen molar-refractivity contribution in [2.75, 3.05) is 0 Å². The minimum atomic E-state index is -3.70. The van der Waals surface area contributed by atoms with E-state index >= 15 is 0 Å². The number of sulfonamides is 1. The fraction of sp³-hybridized carbons (Fsp3) is 0.0667. The van der Waals surface area contributed by atoms with Crippen LogP contribution >= 0.6 is 0 Å². The van der Waals surface area contributed by atoms with Crippen LogP contribution in [-0.2, 0) is 10.0 Å². The highest BCUT2D eigenvalue weighted by Gasteiger charge is 2.13. The quantitative estimate of drug-likeness (QED) is 0.799. The monoisotopic (exact) mass is 314 g/mol. The fourth-order valence-corrected chi connectivity index (χ4v) is 2.66. The van der Waals surface area contributed by atoms with Gasteiger partial charge in [0.15, 0.2) is 5.82 Å². The number of hydrogen-bond donors (Lipinski definition) is 1. The van der Waals surface area contributed by atoms with Crippen molar-refractivity contribution in [3.8, 4) is 17.1 Å². The molecule has 0 unspecified atom stereocenters. The summed E-state index contributed by atoms with van der Waals surface area (Å²) in [6.07, 6.45) is 0. The molecule has 6 nitrogen and oxygen atoms in total. The zero-order valence-electron chi connectivity index (χ0n) is 11.8. The molecule has 0 amide bonds. The molecule has 1 heterocycles. The smallest absolute Gasteiger partial charge is 0.225 e. The Labute approximate surface area is 128 Å². The minimum Gasteiger partial charge on any atom is -0.225 e. The van der Waals surface area contributed by atoms with Crippen LogP contribution < -0.4 is 5.14 Å². The molecule has 0 aliphatic rings. The summed E-state index contributed by atoms with van der Waals surface area (Å²) in [6.45, 7) is 1.81. The van der Waals surface area contributed by atoms with Gasteiger partial charge in [-0.2, -0.15) is 5.10 Å². The number of aryl methyl sites for hydroxylation is 1. The van der Waals surface area contributed by atoms with E-state index in [4.69, 9.17) is 5.14 Å². The molecule has 0 aliphatic carbocycles. The second-order valence-electron chi connectivity index (χ2n) is 4.80. The lowest BCUT2D eigenvalue weighted by molar-refractivity contribution is 0.598. The molecule has 2 aromatic carbocycles. The van der Waals surface area contributed by atoms with E-state index in [0.717, 1.165) is 5.56 Å². The summed E-state index contributed by atoms with van der Waals surface area (Å²) in [5, 5.41) is 9.48. The Morgan fingerprint density at radius 1 is 1.00 bits per heavy atom. The largest absolute Gasteiger partial charge is 0.238 e. The van der Waals surface area contributed by atoms with Crippen molar-refractivity contribution in [1.29, 1.82) is 0 Å². The Kier molecular flexibility index (Phi) is 3.51. The van der Waals surface area contributed by atoms with Crippen LogP contribution in [0.3, 0.4) is 0 Å². The molecular weight excluding hydrogens is 300 g/mol. The van der Waals surface area contributed by atoms with Gasteiger partial charge in [-0.15, -0.1) is 0 Å². The summed E-state index contributed by atoms with van der Waals surface area (Å²) >= 11 is 0. The zero-order chi connectivity index (χ0) is 15.7. The van der Waals surface area contributed by atoms with Gasteiger partial charge in [0.05, 0.1) is 10.6 Å². The highest BCUT2D eigenvalue weighted by atomic mass is 32.2. The molecule has 0 radical (unpaired) electrons. The average Bonchev–Trinajstić information content (AvgIpc) is 2.89. The van der Waals surface area contributed by atoms with Gasteiger partial charge < -0.3 is 0 Å². The minimum absolute atomic E-state index is 0.0642. The van der Waals surface area contributed by atoms with Crippen LogP contribution in [0.4, 0.5) is 0 Å². The first kappa shape index (κ1) is 14.4. The zero-order valence-corrected chi connectivity index (χ0v) is 12.7. The SMILES string of the molecule is Cc1nc(-c2ccccc2)n(-c2ccc(S(N)(=O)=O)cc2)n1. The van der Waals surface area contributed by atoms with Gasteiger partial charge in [-0.1, -0.05) is 30.3 Å². The highest BCUT2D eigenvalue weighted by Crippen LogP contribution is 2.21. The lowest BCUT2D eigenvalue weighted by Gasteiger charge is -2.06. The number of hydrogen-bond acceptors (Lipinski definition) is 4. The third-order valence-electron chi connectivity index (χ3n) is 3.15. The van der Waals surface area contributed by atoms with Crippen LogP contribution in [-0.4, -0.2) is 23.2 Å². The lowest BCUT2D eigenvalue weighted by atomic mass is 10.2. The molecule has 3 rings (SSSR count). The maximum Gasteiger partial charge on any atom is 0.238 e. The Morgan fingerprint density at radius 3 is 2.23 bits per heavy atom. The lowest BCUT2D eigenvalue weighted by Crippen LogP contribution is -2.12. The Bertz CT molecular complexity index is 900. The molecular formula is C15H14N4O2S. The van der Waals surface area contributed by atoms with Crippen LogP contribution in [0.1, 0.15) is 5.82 Å². The molecule has 2 N–H and O–H groups in total. The molecule has 7 heteroatoms. The average molecular weight is 314 g/mol. The topological polar surface area (TPSA) is 90.9 Å². The van der Waals surface area contributed by atoms with Crippen molar-refractivity contribution in [1.82, 2.24) is 14.8 Å². The molecule has 0 fully saturated rings. The van der Waals surface area contributed by atoms with E-state index in [1.165, 1.54) is 12.1 Å². The summed E-state index contributed by atoms with van der Waals surface area (Å²) in [5.74, 6) is 1.33. The van der Waals surface area contributed by atoms with Gasteiger partial charge in [-0.05, 0) is 31.2 Å². The number of nitrogens with two attached hydrogens (primary N) is 1. The van der Waals surface area contributed by atoms with Crippen LogP contribution in [0.15, 0.2) is 59.5 Å². The highest BCUT2D eigenvalue weighted by molar-refractivity contribution is 7.89. The molecule has 0 saturated heterocycles. The number of primary sulfonamides is 1. The first-order valence-electron chi connectivity index (χ1n) is 6.57. The third-order valence-corrected chi connectivity index (χ3v) is 4.08. The van der Waals surface area contributed by atoms with E-state index in [-0.39, 0.29) is 4.90 Å². The summed E-state index contributed by atoms with van der Waals surface area (Å²) in [6, 6.07) is 15.9. The van der Waals surface area contributed by atoms with Gasteiger partial charge in [-0.25, -0.2) is 23.2 Å². The third kappa shape index (κ3) is 2.76. The summed E-state index contributed by atoms with van der Waals surface area (Å²) in [5.41, 5.74) is 1.64. The van der Waals surface area contributed by atoms with Crippen LogP contribution in [0.5, 0.6) is 0 Å². The number of nitrogens with zero attached hydrogens (tertiary/aromatic N) is 3. The predicted octanol–water partition coefficient (Wildman–Crippen LogP) is 1.89. The summed E-state index contributed by atoms with van der Waals surface area (Å²) in [4.78, 5) is 4.50. The van der Waals surface area contributed by atoms with Crippen LogP contribution in [0, 0.1) is 6.92 Å². The first-order valence-corrected chi connectivity index (χ1v) is 8.12.